The van der Waals surface area contributed by atoms with Gasteiger partial charge in [0.2, 0.25) is 0 Å². The molecule has 0 aromatic heterocycles. The van der Waals surface area contributed by atoms with Gasteiger partial charge in [-0.2, -0.15) is 0 Å². The molecule has 0 atom stereocenters. The quantitative estimate of drug-likeness (QED) is 0.134. The molecule has 0 radical (unpaired) electrons. The van der Waals surface area contributed by atoms with Crippen LogP contribution < -0.4 is 0 Å². The van der Waals surface area contributed by atoms with E-state index in [1.54, 1.807) is 0 Å². The lowest BCUT2D eigenvalue weighted by molar-refractivity contribution is 1.64. The minimum atomic E-state index is 1.22. The van der Waals surface area contributed by atoms with Gasteiger partial charge in [0.25, 0.3) is 0 Å². The molecule has 0 amide bonds. The van der Waals surface area contributed by atoms with Gasteiger partial charge in [-0.25, -0.2) is 0 Å². The fourth-order valence-corrected chi connectivity index (χ4v) is 8.45. The number of benzene rings is 10. The van der Waals surface area contributed by atoms with Crippen LogP contribution in [0.15, 0.2) is 194 Å². The van der Waals surface area contributed by atoms with E-state index in [9.17, 15) is 0 Å². The molecule has 10 aromatic carbocycles. The van der Waals surface area contributed by atoms with Gasteiger partial charge in [-0.15, -0.1) is 0 Å². The van der Waals surface area contributed by atoms with Gasteiger partial charge in [0.1, 0.15) is 0 Å². The fourth-order valence-electron chi connectivity index (χ4n) is 8.45. The Kier molecular flexibility index (Phi) is 6.60. The second-order valence-corrected chi connectivity index (χ2v) is 13.1. The molecule has 0 spiro atoms. The van der Waals surface area contributed by atoms with Crippen molar-refractivity contribution in [1.82, 2.24) is 0 Å². The van der Waals surface area contributed by atoms with E-state index in [1.807, 2.05) is 0 Å². The summed E-state index contributed by atoms with van der Waals surface area (Å²) in [6, 6.07) is 71.3. The van der Waals surface area contributed by atoms with Gasteiger partial charge in [-0.05, 0) is 98.4 Å². The molecule has 0 aliphatic carbocycles. The van der Waals surface area contributed by atoms with Crippen LogP contribution in [0.2, 0.25) is 0 Å². The highest BCUT2D eigenvalue weighted by Crippen LogP contribution is 2.56. The third kappa shape index (κ3) is 4.25. The Morgan fingerprint density at radius 2 is 0.400 bits per heavy atom. The maximum absolute atomic E-state index is 2.33. The number of hydrogen-bond donors (Lipinski definition) is 0. The molecule has 10 rings (SSSR count). The molecule has 0 N–H and O–H groups in total. The van der Waals surface area contributed by atoms with E-state index in [4.69, 9.17) is 0 Å². The van der Waals surface area contributed by atoms with Crippen LogP contribution in [0.1, 0.15) is 0 Å². The minimum absolute atomic E-state index is 1.22. The third-order valence-electron chi connectivity index (χ3n) is 10.4. The van der Waals surface area contributed by atoms with E-state index >= 15 is 0 Å². The number of hydrogen-bond acceptors (Lipinski definition) is 0. The van der Waals surface area contributed by atoms with Crippen LogP contribution >= 0.6 is 0 Å². The molecule has 0 heteroatoms. The SMILES string of the molecule is c1ccc(-c2c3ccccc3c(-c3ccccc3)c3c(-c4ccccc4)c4c5ccccc5c5ccccc5c4c(-c4ccccc4)c23)cc1. The maximum atomic E-state index is 2.33. The van der Waals surface area contributed by atoms with E-state index in [0.29, 0.717) is 0 Å². The highest BCUT2D eigenvalue weighted by Gasteiger charge is 2.27. The summed E-state index contributed by atoms with van der Waals surface area (Å²) in [4.78, 5) is 0. The van der Waals surface area contributed by atoms with Gasteiger partial charge >= 0.3 is 0 Å². The smallest absolute Gasteiger partial charge is 0.000116 e. The summed E-state index contributed by atoms with van der Waals surface area (Å²) >= 11 is 0. The standard InChI is InChI=1S/C50H32/c1-5-19-33(20-6-1)43-41-31-17-18-32-42(41)44(34-21-7-2-8-22-34)50-46(36-25-11-4-12-26-36)48-40-30-16-14-28-38(40)37-27-13-15-29-39(37)47(48)45(49(43)50)35-23-9-3-10-24-35/h1-32H. The first-order chi connectivity index (χ1) is 24.9. The Morgan fingerprint density at radius 3 is 0.720 bits per heavy atom. The lowest BCUT2D eigenvalue weighted by atomic mass is 9.76. The van der Waals surface area contributed by atoms with Crippen LogP contribution in [0, 0.1) is 0 Å². The maximum Gasteiger partial charge on any atom is -0.000116 e. The summed E-state index contributed by atoms with van der Waals surface area (Å²) in [6.45, 7) is 0. The molecule has 10 aromatic rings. The molecule has 0 saturated heterocycles. The first kappa shape index (κ1) is 28.5. The fraction of sp³-hybridized carbons (Fsp3) is 0. The highest BCUT2D eigenvalue weighted by atomic mass is 14.3. The van der Waals surface area contributed by atoms with Crippen LogP contribution in [-0.4, -0.2) is 0 Å². The van der Waals surface area contributed by atoms with Crippen molar-refractivity contribution in [3.05, 3.63) is 194 Å². The van der Waals surface area contributed by atoms with Crippen molar-refractivity contribution in [3.8, 4) is 44.5 Å². The molecule has 232 valence electrons. The summed E-state index contributed by atoms with van der Waals surface area (Å²) in [7, 11) is 0. The van der Waals surface area contributed by atoms with Gasteiger partial charge in [0.05, 0.1) is 0 Å². The molecule has 0 unspecified atom stereocenters. The normalized spacial score (nSPS) is 11.6. The third-order valence-corrected chi connectivity index (χ3v) is 10.4. The molecule has 0 aliphatic rings. The molecular weight excluding hydrogens is 601 g/mol. The first-order valence-electron chi connectivity index (χ1n) is 17.4. The van der Waals surface area contributed by atoms with Crippen LogP contribution in [0.4, 0.5) is 0 Å². The predicted octanol–water partition coefficient (Wildman–Crippen LogP) is 14.1. The highest BCUT2D eigenvalue weighted by molar-refractivity contribution is 6.41. The lowest BCUT2D eigenvalue weighted by Gasteiger charge is -2.27. The van der Waals surface area contributed by atoms with Crippen LogP contribution in [0.3, 0.4) is 0 Å². The Morgan fingerprint density at radius 1 is 0.160 bits per heavy atom. The molecule has 0 nitrogen and oxygen atoms in total. The molecule has 0 saturated carbocycles. The summed E-state index contributed by atoms with van der Waals surface area (Å²) in [5, 5.41) is 12.8. The number of fused-ring (bicyclic) bond motifs is 8. The Hall–Kier alpha value is -6.50. The molecule has 0 aliphatic heterocycles. The van der Waals surface area contributed by atoms with Gasteiger partial charge in [-0.3, -0.25) is 0 Å². The largest absolute Gasteiger partial charge is 0.0622 e. The Balaban J connectivity index is 1.66. The number of rotatable bonds is 4. The average molecular weight is 633 g/mol. The van der Waals surface area contributed by atoms with Crippen LogP contribution in [0.5, 0.6) is 0 Å². The van der Waals surface area contributed by atoms with Crippen molar-refractivity contribution >= 4 is 53.9 Å². The Labute approximate surface area is 291 Å². The summed E-state index contributed by atoms with van der Waals surface area (Å²) < 4.78 is 0. The van der Waals surface area contributed by atoms with Crippen LogP contribution in [0.25, 0.3) is 98.4 Å². The van der Waals surface area contributed by atoms with Crippen molar-refractivity contribution in [2.75, 3.05) is 0 Å². The second kappa shape index (κ2) is 11.6. The van der Waals surface area contributed by atoms with Crippen molar-refractivity contribution in [1.29, 1.82) is 0 Å². The molecule has 0 heterocycles. The lowest BCUT2D eigenvalue weighted by Crippen LogP contribution is -1.99. The van der Waals surface area contributed by atoms with Gasteiger partial charge < -0.3 is 0 Å². The molecular formula is C50H32. The summed E-state index contributed by atoms with van der Waals surface area (Å²) in [5.41, 5.74) is 9.96. The zero-order chi connectivity index (χ0) is 33.0. The molecule has 50 heavy (non-hydrogen) atoms. The second-order valence-electron chi connectivity index (χ2n) is 13.1. The van der Waals surface area contributed by atoms with E-state index in [0.717, 1.165) is 0 Å². The van der Waals surface area contributed by atoms with E-state index < -0.39 is 0 Å². The van der Waals surface area contributed by atoms with Crippen LogP contribution in [-0.2, 0) is 0 Å². The van der Waals surface area contributed by atoms with E-state index in [2.05, 4.69) is 194 Å². The van der Waals surface area contributed by atoms with E-state index in [1.165, 1.54) is 98.4 Å². The van der Waals surface area contributed by atoms with Gasteiger partial charge in [-0.1, -0.05) is 194 Å². The molecule has 0 fully saturated rings. The summed E-state index contributed by atoms with van der Waals surface area (Å²) in [6.07, 6.45) is 0. The van der Waals surface area contributed by atoms with Crippen molar-refractivity contribution < 1.29 is 0 Å². The van der Waals surface area contributed by atoms with Crippen molar-refractivity contribution in [2.24, 2.45) is 0 Å². The summed E-state index contributed by atoms with van der Waals surface area (Å²) in [5.74, 6) is 0. The Bertz CT molecular complexity index is 2670. The zero-order valence-electron chi connectivity index (χ0n) is 27.5. The van der Waals surface area contributed by atoms with Gasteiger partial charge in [0, 0.05) is 0 Å². The van der Waals surface area contributed by atoms with Crippen molar-refractivity contribution in [2.45, 2.75) is 0 Å². The zero-order valence-corrected chi connectivity index (χ0v) is 27.5. The topological polar surface area (TPSA) is 0 Å². The minimum Gasteiger partial charge on any atom is -0.0622 e. The first-order valence-corrected chi connectivity index (χ1v) is 17.4. The van der Waals surface area contributed by atoms with Crippen molar-refractivity contribution in [3.63, 3.8) is 0 Å². The van der Waals surface area contributed by atoms with Gasteiger partial charge in [0.15, 0.2) is 0 Å². The average Bonchev–Trinajstić information content (AvgIpc) is 3.20. The monoisotopic (exact) mass is 632 g/mol. The predicted molar refractivity (Wildman–Crippen MR) is 216 cm³/mol. The van der Waals surface area contributed by atoms with E-state index in [-0.39, 0.29) is 0 Å². The molecule has 0 bridgehead atoms.